The topological polar surface area (TPSA) is 72.5 Å². The number of hydrogen-bond acceptors (Lipinski definition) is 3. The molecule has 0 aliphatic rings. The van der Waals surface area contributed by atoms with Gasteiger partial charge in [0.15, 0.2) is 0 Å². The van der Waals surface area contributed by atoms with Crippen molar-refractivity contribution in [2.75, 3.05) is 0 Å². The highest BCUT2D eigenvalue weighted by Gasteiger charge is 1.96. The lowest BCUT2D eigenvalue weighted by Crippen LogP contribution is -2.00. The van der Waals surface area contributed by atoms with Crippen LogP contribution >= 0.6 is 0 Å². The molecule has 0 saturated heterocycles. The summed E-state index contributed by atoms with van der Waals surface area (Å²) in [6.07, 6.45) is 0. The van der Waals surface area contributed by atoms with E-state index in [1.807, 2.05) is 18.2 Å². The number of rotatable bonds is 2. The summed E-state index contributed by atoms with van der Waals surface area (Å²) in [6, 6.07) is 17.5. The number of nitrogens with two attached hydrogens (primary N) is 1. The number of carboxylic acids is 1. The summed E-state index contributed by atoms with van der Waals surface area (Å²) in [5.74, 6) is 4.66. The van der Waals surface area contributed by atoms with Crippen molar-refractivity contribution < 1.29 is 14.7 Å². The van der Waals surface area contributed by atoms with Gasteiger partial charge in [0, 0.05) is 0 Å². The van der Waals surface area contributed by atoms with E-state index < -0.39 is 5.97 Å². The van der Waals surface area contributed by atoms with Crippen molar-refractivity contribution in [1.82, 2.24) is 0 Å². The van der Waals surface area contributed by atoms with Gasteiger partial charge in [0.05, 0.1) is 5.56 Å². The fraction of sp³-hybridized carbons (Fsp3) is 0. The maximum absolute atomic E-state index is 10.2. The second-order valence-corrected chi connectivity index (χ2v) is 3.10. The van der Waals surface area contributed by atoms with Gasteiger partial charge >= 0.3 is 5.97 Å². The smallest absolute Gasteiger partial charge is 0.335 e. The van der Waals surface area contributed by atoms with Crippen molar-refractivity contribution in [2.24, 2.45) is 5.90 Å². The van der Waals surface area contributed by atoms with Crippen LogP contribution in [0.25, 0.3) is 0 Å². The summed E-state index contributed by atoms with van der Waals surface area (Å²) < 4.78 is 0. The standard InChI is InChI=1S/C7H6O2.C6H7NO/c8-7(9)6-4-2-1-3-5-6;7-8-6-4-2-1-3-5-6/h1-5H,(H,8,9);1-5H,7H2. The second-order valence-electron chi connectivity index (χ2n) is 3.10. The third-order valence-corrected chi connectivity index (χ3v) is 1.90. The maximum atomic E-state index is 10.2. The van der Waals surface area contributed by atoms with Gasteiger partial charge in [-0.1, -0.05) is 36.4 Å². The lowest BCUT2D eigenvalue weighted by molar-refractivity contribution is 0.0697. The van der Waals surface area contributed by atoms with Gasteiger partial charge in [-0.2, -0.15) is 5.90 Å². The highest BCUT2D eigenvalue weighted by atomic mass is 16.6. The summed E-state index contributed by atoms with van der Waals surface area (Å²) >= 11 is 0. The molecular weight excluding hydrogens is 218 g/mol. The Hall–Kier alpha value is -2.33. The van der Waals surface area contributed by atoms with Gasteiger partial charge in [-0.3, -0.25) is 0 Å². The van der Waals surface area contributed by atoms with E-state index in [1.165, 1.54) is 0 Å². The third-order valence-electron chi connectivity index (χ3n) is 1.90. The minimum atomic E-state index is -0.879. The molecule has 0 amide bonds. The second kappa shape index (κ2) is 7.03. The Morgan fingerprint density at radius 1 is 0.941 bits per heavy atom. The zero-order valence-corrected chi connectivity index (χ0v) is 9.11. The molecule has 0 atom stereocenters. The van der Waals surface area contributed by atoms with E-state index in [0.29, 0.717) is 11.3 Å². The molecule has 0 aromatic heterocycles. The molecule has 0 radical (unpaired) electrons. The summed E-state index contributed by atoms with van der Waals surface area (Å²) in [4.78, 5) is 14.6. The highest BCUT2D eigenvalue weighted by Crippen LogP contribution is 2.04. The van der Waals surface area contributed by atoms with Crippen molar-refractivity contribution in [2.45, 2.75) is 0 Å². The summed E-state index contributed by atoms with van der Waals surface area (Å²) in [7, 11) is 0. The predicted molar refractivity (Wildman–Crippen MR) is 64.7 cm³/mol. The van der Waals surface area contributed by atoms with Gasteiger partial charge in [-0.15, -0.1) is 0 Å². The fourth-order valence-electron chi connectivity index (χ4n) is 1.08. The van der Waals surface area contributed by atoms with Gasteiger partial charge in [0.1, 0.15) is 5.75 Å². The first-order chi connectivity index (χ1) is 8.24. The molecule has 2 aromatic rings. The Bertz CT molecular complexity index is 443. The molecule has 4 nitrogen and oxygen atoms in total. The number of carbonyl (C=O) groups is 1. The van der Waals surface area contributed by atoms with Crippen LogP contribution in [0.1, 0.15) is 10.4 Å². The van der Waals surface area contributed by atoms with Crippen molar-refractivity contribution >= 4 is 5.97 Å². The molecule has 0 spiro atoms. The van der Waals surface area contributed by atoms with Crippen LogP contribution in [0.4, 0.5) is 0 Å². The van der Waals surface area contributed by atoms with Crippen LogP contribution in [0.5, 0.6) is 5.75 Å². The molecule has 0 unspecified atom stereocenters. The van der Waals surface area contributed by atoms with Gasteiger partial charge in [-0.25, -0.2) is 4.79 Å². The Balaban J connectivity index is 0.000000171. The van der Waals surface area contributed by atoms with Crippen molar-refractivity contribution in [3.05, 3.63) is 66.2 Å². The number of carboxylic acid groups (broad SMARTS) is 1. The monoisotopic (exact) mass is 231 g/mol. The Morgan fingerprint density at radius 2 is 1.41 bits per heavy atom. The number of benzene rings is 2. The van der Waals surface area contributed by atoms with E-state index in [1.54, 1.807) is 42.5 Å². The number of aromatic carboxylic acids is 1. The van der Waals surface area contributed by atoms with Crippen LogP contribution in [0, 0.1) is 0 Å². The van der Waals surface area contributed by atoms with Crippen LogP contribution in [-0.2, 0) is 0 Å². The Labute approximate surface area is 99.2 Å². The molecule has 4 heteroatoms. The van der Waals surface area contributed by atoms with Crippen molar-refractivity contribution in [1.29, 1.82) is 0 Å². The first-order valence-electron chi connectivity index (χ1n) is 4.94. The molecule has 0 bridgehead atoms. The first-order valence-corrected chi connectivity index (χ1v) is 4.94. The highest BCUT2D eigenvalue weighted by molar-refractivity contribution is 5.87. The molecule has 17 heavy (non-hydrogen) atoms. The van der Waals surface area contributed by atoms with E-state index in [9.17, 15) is 4.79 Å². The van der Waals surface area contributed by atoms with E-state index in [0.717, 1.165) is 0 Å². The summed E-state index contributed by atoms with van der Waals surface area (Å²) in [5, 5.41) is 8.38. The molecule has 2 rings (SSSR count). The Kier molecular flexibility index (Phi) is 5.27. The lowest BCUT2D eigenvalue weighted by atomic mass is 10.2. The number of hydrogen-bond donors (Lipinski definition) is 2. The maximum Gasteiger partial charge on any atom is 0.335 e. The third kappa shape index (κ3) is 4.81. The Morgan fingerprint density at radius 3 is 1.71 bits per heavy atom. The van der Waals surface area contributed by atoms with Crippen LogP contribution < -0.4 is 10.7 Å². The first kappa shape index (κ1) is 12.7. The molecule has 2 aromatic carbocycles. The zero-order valence-electron chi connectivity index (χ0n) is 9.11. The van der Waals surface area contributed by atoms with Gasteiger partial charge in [-0.05, 0) is 24.3 Å². The molecule has 0 fully saturated rings. The van der Waals surface area contributed by atoms with E-state index in [2.05, 4.69) is 4.84 Å². The molecular formula is C13H13NO3. The lowest BCUT2D eigenvalue weighted by Gasteiger charge is -1.92. The van der Waals surface area contributed by atoms with Crippen LogP contribution in [-0.4, -0.2) is 11.1 Å². The quantitative estimate of drug-likeness (QED) is 0.778. The van der Waals surface area contributed by atoms with Crippen LogP contribution in [0.15, 0.2) is 60.7 Å². The normalized spacial score (nSPS) is 8.76. The van der Waals surface area contributed by atoms with Crippen LogP contribution in [0.2, 0.25) is 0 Å². The minimum absolute atomic E-state index is 0.331. The van der Waals surface area contributed by atoms with Gasteiger partial charge in [0.25, 0.3) is 0 Å². The average Bonchev–Trinajstić information content (AvgIpc) is 2.41. The molecule has 88 valence electrons. The zero-order chi connectivity index (χ0) is 12.5. The molecule has 0 saturated carbocycles. The predicted octanol–water partition coefficient (Wildman–Crippen LogP) is 2.32. The molecule has 0 aliphatic carbocycles. The molecule has 0 aliphatic heterocycles. The fourth-order valence-corrected chi connectivity index (χ4v) is 1.08. The average molecular weight is 231 g/mol. The van der Waals surface area contributed by atoms with Gasteiger partial charge < -0.3 is 9.94 Å². The summed E-state index contributed by atoms with van der Waals surface area (Å²) in [5.41, 5.74) is 0.331. The van der Waals surface area contributed by atoms with E-state index in [4.69, 9.17) is 11.0 Å². The molecule has 3 N–H and O–H groups in total. The van der Waals surface area contributed by atoms with Crippen molar-refractivity contribution in [3.8, 4) is 5.75 Å². The van der Waals surface area contributed by atoms with Gasteiger partial charge in [0.2, 0.25) is 0 Å². The molecule has 0 heterocycles. The number of para-hydroxylation sites is 1. The summed E-state index contributed by atoms with van der Waals surface area (Å²) in [6.45, 7) is 0. The van der Waals surface area contributed by atoms with E-state index >= 15 is 0 Å². The van der Waals surface area contributed by atoms with Crippen molar-refractivity contribution in [3.63, 3.8) is 0 Å². The van der Waals surface area contributed by atoms with E-state index in [-0.39, 0.29) is 0 Å². The van der Waals surface area contributed by atoms with Crippen LogP contribution in [0.3, 0.4) is 0 Å². The minimum Gasteiger partial charge on any atom is -0.478 e. The SMILES string of the molecule is NOc1ccccc1.O=C(O)c1ccccc1. The largest absolute Gasteiger partial charge is 0.478 e.